The zero-order chi connectivity index (χ0) is 15.5. The number of hydrogen-bond acceptors (Lipinski definition) is 3. The van der Waals surface area contributed by atoms with E-state index in [1.165, 1.54) is 12.1 Å². The molecule has 0 aromatic heterocycles. The van der Waals surface area contributed by atoms with Gasteiger partial charge < -0.3 is 9.53 Å². The van der Waals surface area contributed by atoms with Crippen molar-refractivity contribution in [2.75, 3.05) is 13.1 Å². The van der Waals surface area contributed by atoms with Gasteiger partial charge in [0.1, 0.15) is 17.4 Å². The van der Waals surface area contributed by atoms with Crippen molar-refractivity contribution in [1.29, 1.82) is 0 Å². The minimum Gasteiger partial charge on any atom is -0.489 e. The average molecular weight is 322 g/mol. The van der Waals surface area contributed by atoms with E-state index >= 15 is 0 Å². The second-order valence-corrected chi connectivity index (χ2v) is 5.36. The van der Waals surface area contributed by atoms with E-state index in [0.717, 1.165) is 25.0 Å². The van der Waals surface area contributed by atoms with Crippen LogP contribution >= 0.6 is 11.6 Å². The second kappa shape index (κ2) is 6.66. The highest BCUT2D eigenvalue weighted by Crippen LogP contribution is 2.32. The molecule has 0 aliphatic carbocycles. The Morgan fingerprint density at radius 3 is 2.86 bits per heavy atom. The first kappa shape index (κ1) is 16.1. The van der Waals surface area contributed by atoms with E-state index < -0.39 is 17.2 Å². The molecule has 3 nitrogen and oxygen atoms in total. The lowest BCUT2D eigenvalue weighted by molar-refractivity contribution is -0.137. The van der Waals surface area contributed by atoms with Crippen LogP contribution in [-0.2, 0) is 11.0 Å². The van der Waals surface area contributed by atoms with E-state index in [1.54, 1.807) is 4.90 Å². The third kappa shape index (κ3) is 4.35. The first-order valence-corrected chi connectivity index (χ1v) is 7.01. The lowest BCUT2D eigenvalue weighted by Crippen LogP contribution is -2.45. The highest BCUT2D eigenvalue weighted by atomic mass is 35.5. The van der Waals surface area contributed by atoms with Crippen LogP contribution in [-0.4, -0.2) is 35.9 Å². The lowest BCUT2D eigenvalue weighted by atomic mass is 10.1. The molecule has 2 atom stereocenters. The Bertz CT molecular complexity index is 495. The molecule has 0 radical (unpaired) electrons. The number of aldehydes is 1. The standard InChI is InChI=1S/C14H15ClF3NO2/c15-13(9-20)19-6-2-5-12(8-19)21-11-4-1-3-10(7-11)14(16,17)18/h1,3-4,7,9,12-13H,2,5-6,8H2/t12-,13+/m1/s1. The van der Waals surface area contributed by atoms with Crippen LogP contribution in [0.1, 0.15) is 18.4 Å². The molecule has 0 spiro atoms. The maximum atomic E-state index is 12.6. The number of carbonyl (C=O) groups is 1. The summed E-state index contributed by atoms with van der Waals surface area (Å²) in [4.78, 5) is 12.4. The van der Waals surface area contributed by atoms with E-state index in [0.29, 0.717) is 19.4 Å². The van der Waals surface area contributed by atoms with Crippen molar-refractivity contribution in [1.82, 2.24) is 4.90 Å². The van der Waals surface area contributed by atoms with Gasteiger partial charge in [-0.1, -0.05) is 17.7 Å². The van der Waals surface area contributed by atoms with Crippen molar-refractivity contribution in [3.8, 4) is 5.75 Å². The van der Waals surface area contributed by atoms with Gasteiger partial charge in [0.2, 0.25) is 0 Å². The maximum Gasteiger partial charge on any atom is 0.416 e. The van der Waals surface area contributed by atoms with Crippen molar-refractivity contribution in [3.63, 3.8) is 0 Å². The van der Waals surface area contributed by atoms with Gasteiger partial charge in [-0.15, -0.1) is 0 Å². The second-order valence-electron chi connectivity index (χ2n) is 4.91. The fourth-order valence-corrected chi connectivity index (χ4v) is 2.49. The molecule has 1 fully saturated rings. The Morgan fingerprint density at radius 1 is 1.43 bits per heavy atom. The van der Waals surface area contributed by atoms with Crippen LogP contribution < -0.4 is 4.74 Å². The Morgan fingerprint density at radius 2 is 2.19 bits per heavy atom. The largest absolute Gasteiger partial charge is 0.489 e. The van der Waals surface area contributed by atoms with Gasteiger partial charge in [-0.25, -0.2) is 0 Å². The number of hydrogen-bond donors (Lipinski definition) is 0. The van der Waals surface area contributed by atoms with Crippen LogP contribution in [0.3, 0.4) is 0 Å². The van der Waals surface area contributed by atoms with E-state index in [-0.39, 0.29) is 11.9 Å². The summed E-state index contributed by atoms with van der Waals surface area (Å²) in [6, 6.07) is 4.79. The van der Waals surface area contributed by atoms with Crippen LogP contribution in [0.4, 0.5) is 13.2 Å². The predicted octanol–water partition coefficient (Wildman–Crippen LogP) is 3.31. The molecule has 1 aliphatic rings. The summed E-state index contributed by atoms with van der Waals surface area (Å²) < 4.78 is 43.5. The van der Waals surface area contributed by atoms with Crippen LogP contribution in [0.15, 0.2) is 24.3 Å². The number of ether oxygens (including phenoxy) is 1. The van der Waals surface area contributed by atoms with Crippen molar-refractivity contribution in [2.45, 2.75) is 30.6 Å². The zero-order valence-corrected chi connectivity index (χ0v) is 11.9. The number of carbonyl (C=O) groups excluding carboxylic acids is 1. The summed E-state index contributed by atoms with van der Waals surface area (Å²) in [6.45, 7) is 1.10. The molecule has 0 bridgehead atoms. The summed E-state index contributed by atoms with van der Waals surface area (Å²) in [5.41, 5.74) is -1.46. The molecular formula is C14H15ClF3NO2. The van der Waals surface area contributed by atoms with Gasteiger partial charge in [-0.2, -0.15) is 13.2 Å². The molecule has 7 heteroatoms. The van der Waals surface area contributed by atoms with Crippen LogP contribution in [0, 0.1) is 0 Å². The molecule has 1 saturated heterocycles. The van der Waals surface area contributed by atoms with E-state index in [4.69, 9.17) is 16.3 Å². The fourth-order valence-electron chi connectivity index (χ4n) is 2.31. The molecule has 2 rings (SSSR count). The van der Waals surface area contributed by atoms with E-state index in [2.05, 4.69) is 0 Å². The lowest BCUT2D eigenvalue weighted by Gasteiger charge is -2.33. The summed E-state index contributed by atoms with van der Waals surface area (Å²) in [7, 11) is 0. The van der Waals surface area contributed by atoms with Crippen LogP contribution in [0.5, 0.6) is 5.75 Å². The summed E-state index contributed by atoms with van der Waals surface area (Å²) >= 11 is 5.85. The average Bonchev–Trinajstić information content (AvgIpc) is 2.46. The topological polar surface area (TPSA) is 29.5 Å². The highest BCUT2D eigenvalue weighted by Gasteiger charge is 2.31. The third-order valence-electron chi connectivity index (χ3n) is 3.33. The molecule has 1 heterocycles. The number of likely N-dealkylation sites (tertiary alicyclic amines) is 1. The quantitative estimate of drug-likeness (QED) is 0.484. The molecule has 0 saturated carbocycles. The fraction of sp³-hybridized carbons (Fsp3) is 0.500. The number of piperidine rings is 1. The van der Waals surface area contributed by atoms with Gasteiger partial charge in [0.15, 0.2) is 6.29 Å². The Balaban J connectivity index is 2.03. The Labute approximate surface area is 125 Å². The van der Waals surface area contributed by atoms with Gasteiger partial charge in [-0.05, 0) is 31.0 Å². The minimum absolute atomic E-state index is 0.175. The molecule has 21 heavy (non-hydrogen) atoms. The van der Waals surface area contributed by atoms with Gasteiger partial charge >= 0.3 is 6.18 Å². The molecule has 1 aliphatic heterocycles. The SMILES string of the molecule is O=C[C@@H](Cl)N1CCC[C@@H](Oc2cccc(C(F)(F)F)c2)C1. The zero-order valence-electron chi connectivity index (χ0n) is 11.1. The molecule has 1 aromatic carbocycles. The summed E-state index contributed by atoms with van der Waals surface area (Å²) in [5, 5.41) is 0. The number of alkyl halides is 4. The minimum atomic E-state index is -4.39. The van der Waals surface area contributed by atoms with Crippen molar-refractivity contribution >= 4 is 17.9 Å². The normalized spacial score (nSPS) is 21.8. The van der Waals surface area contributed by atoms with Crippen LogP contribution in [0.2, 0.25) is 0 Å². The number of nitrogens with zero attached hydrogens (tertiary/aromatic N) is 1. The molecule has 1 aromatic rings. The monoisotopic (exact) mass is 321 g/mol. The first-order chi connectivity index (χ1) is 9.90. The van der Waals surface area contributed by atoms with Gasteiger partial charge in [0.05, 0.1) is 5.56 Å². The Kier molecular flexibility index (Phi) is 5.11. The number of rotatable bonds is 4. The van der Waals surface area contributed by atoms with Gasteiger partial charge in [0, 0.05) is 13.1 Å². The molecule has 0 unspecified atom stereocenters. The molecular weight excluding hydrogens is 307 g/mol. The van der Waals surface area contributed by atoms with E-state index in [9.17, 15) is 18.0 Å². The van der Waals surface area contributed by atoms with Crippen molar-refractivity contribution in [3.05, 3.63) is 29.8 Å². The summed E-state index contributed by atoms with van der Waals surface area (Å²) in [6.07, 6.45) is -2.54. The molecule has 116 valence electrons. The van der Waals surface area contributed by atoms with Crippen LogP contribution in [0.25, 0.3) is 0 Å². The van der Waals surface area contributed by atoms with E-state index in [1.807, 2.05) is 0 Å². The molecule has 0 amide bonds. The third-order valence-corrected chi connectivity index (χ3v) is 3.71. The van der Waals surface area contributed by atoms with Gasteiger partial charge in [-0.3, -0.25) is 4.90 Å². The number of halogens is 4. The maximum absolute atomic E-state index is 12.6. The van der Waals surface area contributed by atoms with Gasteiger partial charge in [0.25, 0.3) is 0 Å². The molecule has 0 N–H and O–H groups in total. The smallest absolute Gasteiger partial charge is 0.416 e. The predicted molar refractivity (Wildman–Crippen MR) is 72.4 cm³/mol. The van der Waals surface area contributed by atoms with Crippen molar-refractivity contribution in [2.24, 2.45) is 0 Å². The Hall–Kier alpha value is -1.27. The highest BCUT2D eigenvalue weighted by molar-refractivity contribution is 6.27. The first-order valence-electron chi connectivity index (χ1n) is 6.57. The summed E-state index contributed by atoms with van der Waals surface area (Å²) in [5.74, 6) is 0.175. The van der Waals surface area contributed by atoms with Crippen molar-refractivity contribution < 1.29 is 22.7 Å². The number of benzene rings is 1.